The quantitative estimate of drug-likeness (QED) is 0.885. The van der Waals surface area contributed by atoms with Crippen molar-refractivity contribution in [2.75, 3.05) is 13.7 Å². The summed E-state index contributed by atoms with van der Waals surface area (Å²) in [6.45, 7) is 0.365. The SMILES string of the molecule is COc1ccc(C(=O)O)cc1OCC1CCC=CO1. The van der Waals surface area contributed by atoms with Crippen LogP contribution in [-0.2, 0) is 4.74 Å². The van der Waals surface area contributed by atoms with Gasteiger partial charge in [-0.2, -0.15) is 0 Å². The van der Waals surface area contributed by atoms with Crippen LogP contribution in [0.15, 0.2) is 30.5 Å². The smallest absolute Gasteiger partial charge is 0.335 e. The second-order valence-electron chi connectivity index (χ2n) is 4.19. The number of methoxy groups -OCH3 is 1. The van der Waals surface area contributed by atoms with Crippen LogP contribution in [0.4, 0.5) is 0 Å². The Bertz CT molecular complexity index is 481. The van der Waals surface area contributed by atoms with Crippen molar-refractivity contribution in [2.24, 2.45) is 0 Å². The molecule has 1 aliphatic rings. The van der Waals surface area contributed by atoms with E-state index < -0.39 is 5.97 Å². The van der Waals surface area contributed by atoms with Gasteiger partial charge in [-0.1, -0.05) is 0 Å². The van der Waals surface area contributed by atoms with Crippen molar-refractivity contribution in [3.8, 4) is 11.5 Å². The van der Waals surface area contributed by atoms with Gasteiger partial charge in [0, 0.05) is 0 Å². The Morgan fingerprint density at radius 3 is 2.95 bits per heavy atom. The highest BCUT2D eigenvalue weighted by molar-refractivity contribution is 5.88. The van der Waals surface area contributed by atoms with E-state index in [1.54, 1.807) is 12.3 Å². The third-order valence-electron chi connectivity index (χ3n) is 2.86. The molecule has 0 aliphatic carbocycles. The van der Waals surface area contributed by atoms with Crippen LogP contribution in [0.2, 0.25) is 0 Å². The van der Waals surface area contributed by atoms with Crippen molar-refractivity contribution < 1.29 is 24.1 Å². The molecule has 0 fully saturated rings. The molecule has 0 spiro atoms. The van der Waals surface area contributed by atoms with Crippen LogP contribution in [0.1, 0.15) is 23.2 Å². The van der Waals surface area contributed by atoms with Crippen LogP contribution in [0.5, 0.6) is 11.5 Å². The van der Waals surface area contributed by atoms with Gasteiger partial charge in [0.2, 0.25) is 0 Å². The van der Waals surface area contributed by atoms with Crippen LogP contribution in [-0.4, -0.2) is 30.9 Å². The molecule has 1 aliphatic heterocycles. The van der Waals surface area contributed by atoms with Crippen molar-refractivity contribution >= 4 is 5.97 Å². The number of benzene rings is 1. The average molecular weight is 264 g/mol. The zero-order valence-corrected chi connectivity index (χ0v) is 10.7. The maximum atomic E-state index is 10.9. The number of ether oxygens (including phenoxy) is 3. The summed E-state index contributed by atoms with van der Waals surface area (Å²) < 4.78 is 16.1. The van der Waals surface area contributed by atoms with Gasteiger partial charge in [0.15, 0.2) is 11.5 Å². The molecule has 1 aromatic carbocycles. The molecule has 2 rings (SSSR count). The van der Waals surface area contributed by atoms with Crippen molar-refractivity contribution in [2.45, 2.75) is 18.9 Å². The average Bonchev–Trinajstić information content (AvgIpc) is 2.45. The van der Waals surface area contributed by atoms with Crippen molar-refractivity contribution in [3.05, 3.63) is 36.1 Å². The third-order valence-corrected chi connectivity index (χ3v) is 2.86. The molecule has 0 saturated heterocycles. The molecule has 1 atom stereocenters. The Labute approximate surface area is 111 Å². The van der Waals surface area contributed by atoms with Crippen molar-refractivity contribution in [1.29, 1.82) is 0 Å². The van der Waals surface area contributed by atoms with Crippen LogP contribution in [0, 0.1) is 0 Å². The molecule has 0 radical (unpaired) electrons. The molecule has 0 amide bonds. The fraction of sp³-hybridized carbons (Fsp3) is 0.357. The molecule has 0 saturated carbocycles. The number of rotatable bonds is 5. The van der Waals surface area contributed by atoms with E-state index in [2.05, 4.69) is 0 Å². The monoisotopic (exact) mass is 264 g/mol. The van der Waals surface area contributed by atoms with Crippen LogP contribution in [0.25, 0.3) is 0 Å². The predicted molar refractivity (Wildman–Crippen MR) is 68.7 cm³/mol. The zero-order valence-electron chi connectivity index (χ0n) is 10.7. The van der Waals surface area contributed by atoms with Crippen LogP contribution >= 0.6 is 0 Å². The lowest BCUT2D eigenvalue weighted by atomic mass is 10.1. The molecule has 1 N–H and O–H groups in total. The van der Waals surface area contributed by atoms with Gasteiger partial charge in [-0.15, -0.1) is 0 Å². The lowest BCUT2D eigenvalue weighted by Crippen LogP contribution is -2.21. The van der Waals surface area contributed by atoms with Crippen LogP contribution < -0.4 is 9.47 Å². The molecule has 0 bridgehead atoms. The summed E-state index contributed by atoms with van der Waals surface area (Å²) in [4.78, 5) is 10.9. The number of carboxylic acid groups (broad SMARTS) is 1. The van der Waals surface area contributed by atoms with E-state index >= 15 is 0 Å². The summed E-state index contributed by atoms with van der Waals surface area (Å²) in [5.41, 5.74) is 0.167. The van der Waals surface area contributed by atoms with E-state index in [1.165, 1.54) is 19.2 Å². The number of aromatic carboxylic acids is 1. The van der Waals surface area contributed by atoms with Gasteiger partial charge in [-0.3, -0.25) is 0 Å². The van der Waals surface area contributed by atoms with Gasteiger partial charge in [0.25, 0.3) is 0 Å². The first-order valence-corrected chi connectivity index (χ1v) is 6.05. The Hall–Kier alpha value is -2.17. The van der Waals surface area contributed by atoms with Gasteiger partial charge >= 0.3 is 5.97 Å². The first kappa shape index (κ1) is 13.3. The summed E-state index contributed by atoms with van der Waals surface area (Å²) in [7, 11) is 1.52. The second-order valence-corrected chi connectivity index (χ2v) is 4.19. The highest BCUT2D eigenvalue weighted by atomic mass is 16.5. The number of hydrogen-bond donors (Lipinski definition) is 1. The number of carboxylic acids is 1. The Balaban J connectivity index is 2.06. The maximum Gasteiger partial charge on any atom is 0.335 e. The molecular weight excluding hydrogens is 248 g/mol. The molecule has 1 heterocycles. The minimum atomic E-state index is -0.996. The first-order valence-electron chi connectivity index (χ1n) is 6.05. The molecule has 19 heavy (non-hydrogen) atoms. The number of carbonyl (C=O) groups is 1. The topological polar surface area (TPSA) is 65.0 Å². The summed E-state index contributed by atoms with van der Waals surface area (Å²) in [6, 6.07) is 4.52. The molecule has 0 aromatic heterocycles. The molecule has 1 aromatic rings. The Morgan fingerprint density at radius 1 is 1.47 bits per heavy atom. The lowest BCUT2D eigenvalue weighted by molar-refractivity contribution is 0.0689. The summed E-state index contributed by atoms with van der Waals surface area (Å²) in [6.07, 6.45) is 5.46. The highest BCUT2D eigenvalue weighted by Crippen LogP contribution is 2.28. The zero-order chi connectivity index (χ0) is 13.7. The van der Waals surface area contributed by atoms with E-state index in [0.717, 1.165) is 12.8 Å². The normalized spacial score (nSPS) is 17.6. The highest BCUT2D eigenvalue weighted by Gasteiger charge is 2.15. The predicted octanol–water partition coefficient (Wildman–Crippen LogP) is 2.46. The Kier molecular flexibility index (Phi) is 4.28. The van der Waals surface area contributed by atoms with Crippen molar-refractivity contribution in [3.63, 3.8) is 0 Å². The van der Waals surface area contributed by atoms with E-state index in [9.17, 15) is 4.79 Å². The number of allylic oxidation sites excluding steroid dienone is 1. The largest absolute Gasteiger partial charge is 0.495 e. The van der Waals surface area contributed by atoms with E-state index in [0.29, 0.717) is 18.1 Å². The van der Waals surface area contributed by atoms with E-state index in [1.807, 2.05) is 6.08 Å². The van der Waals surface area contributed by atoms with E-state index in [4.69, 9.17) is 19.3 Å². The van der Waals surface area contributed by atoms with Gasteiger partial charge in [0.1, 0.15) is 12.7 Å². The van der Waals surface area contributed by atoms with Gasteiger partial charge in [-0.25, -0.2) is 4.79 Å². The van der Waals surface area contributed by atoms with Gasteiger partial charge in [-0.05, 0) is 37.1 Å². The summed E-state index contributed by atoms with van der Waals surface area (Å²) >= 11 is 0. The first-order chi connectivity index (χ1) is 9.20. The summed E-state index contributed by atoms with van der Waals surface area (Å²) in [5, 5.41) is 8.96. The van der Waals surface area contributed by atoms with Gasteiger partial charge < -0.3 is 19.3 Å². The minimum Gasteiger partial charge on any atom is -0.495 e. The Morgan fingerprint density at radius 2 is 2.32 bits per heavy atom. The molecule has 5 heteroatoms. The van der Waals surface area contributed by atoms with Gasteiger partial charge in [0.05, 0.1) is 18.9 Å². The maximum absolute atomic E-state index is 10.9. The van der Waals surface area contributed by atoms with Crippen LogP contribution in [0.3, 0.4) is 0 Å². The lowest BCUT2D eigenvalue weighted by Gasteiger charge is -2.20. The summed E-state index contributed by atoms with van der Waals surface area (Å²) in [5.74, 6) is -0.0683. The van der Waals surface area contributed by atoms with Crippen molar-refractivity contribution in [1.82, 2.24) is 0 Å². The third kappa shape index (κ3) is 3.40. The van der Waals surface area contributed by atoms with E-state index in [-0.39, 0.29) is 11.7 Å². The fourth-order valence-electron chi connectivity index (χ4n) is 1.81. The fourth-order valence-corrected chi connectivity index (χ4v) is 1.81. The molecule has 5 nitrogen and oxygen atoms in total. The minimum absolute atomic E-state index is 0.0109. The molecule has 1 unspecified atom stereocenters. The molecular formula is C14H16O5. The molecule has 102 valence electrons. The second kappa shape index (κ2) is 6.13. The number of hydrogen-bond acceptors (Lipinski definition) is 4. The standard InChI is InChI=1S/C14H16O5/c1-17-12-6-5-10(14(15)16)8-13(12)19-9-11-4-2-3-7-18-11/h3,5-8,11H,2,4,9H2,1H3,(H,15,16).